The van der Waals surface area contributed by atoms with Crippen molar-refractivity contribution in [3.63, 3.8) is 0 Å². The molecule has 0 fully saturated rings. The van der Waals surface area contributed by atoms with E-state index < -0.39 is 11.9 Å². The van der Waals surface area contributed by atoms with E-state index in [2.05, 4.69) is 49.8 Å². The lowest BCUT2D eigenvalue weighted by Gasteiger charge is -2.03. The molecule has 42 heavy (non-hydrogen) atoms. The second kappa shape index (κ2) is 11.4. The highest BCUT2D eigenvalue weighted by molar-refractivity contribution is 6.25. The average molecular weight is 567 g/mol. The molecule has 8 heteroatoms. The number of carboxylic acid groups (broad SMARTS) is 1. The van der Waals surface area contributed by atoms with Crippen LogP contribution in [0.1, 0.15) is 92.0 Å². The average Bonchev–Trinajstić information content (AvgIpc) is 3.61. The highest BCUT2D eigenvalue weighted by Gasteiger charge is 2.25. The number of aromatic amines is 2. The zero-order chi connectivity index (χ0) is 30.3. The highest BCUT2D eigenvalue weighted by atomic mass is 16.5. The summed E-state index contributed by atoms with van der Waals surface area (Å²) in [4.78, 5) is 41.5. The van der Waals surface area contributed by atoms with Crippen molar-refractivity contribution >= 4 is 56.3 Å². The molecule has 3 aromatic heterocycles. The Bertz CT molecular complexity index is 1850. The first kappa shape index (κ1) is 29.0. The number of methoxy groups -OCH3 is 1. The van der Waals surface area contributed by atoms with E-state index in [0.29, 0.717) is 29.8 Å². The van der Waals surface area contributed by atoms with Crippen molar-refractivity contribution in [2.45, 2.75) is 73.6 Å². The number of carbonyl (C=O) groups is 2. The Morgan fingerprint density at radius 3 is 1.93 bits per heavy atom. The molecule has 0 saturated carbocycles. The summed E-state index contributed by atoms with van der Waals surface area (Å²) in [6, 6.07) is 8.10. The topological polar surface area (TPSA) is 121 Å². The van der Waals surface area contributed by atoms with Crippen LogP contribution in [0.5, 0.6) is 0 Å². The number of ether oxygens (including phenoxy) is 1. The zero-order valence-corrected chi connectivity index (χ0v) is 25.4. The second-order valence-corrected chi connectivity index (χ2v) is 11.0. The second-order valence-electron chi connectivity index (χ2n) is 11.0. The van der Waals surface area contributed by atoms with Gasteiger partial charge in [-0.25, -0.2) is 14.8 Å². The molecular formula is C34H38N4O4. The number of fused-ring (bicyclic) bond motifs is 8. The fraction of sp³-hybridized carbons (Fsp3) is 0.353. The van der Waals surface area contributed by atoms with Crippen LogP contribution < -0.4 is 0 Å². The molecule has 8 bridgehead atoms. The number of carbonyl (C=O) groups excluding carboxylic acids is 1. The predicted molar refractivity (Wildman–Crippen MR) is 168 cm³/mol. The van der Waals surface area contributed by atoms with Gasteiger partial charge in [0.05, 0.1) is 35.5 Å². The van der Waals surface area contributed by atoms with Crippen LogP contribution in [0.4, 0.5) is 0 Å². The quantitative estimate of drug-likeness (QED) is 0.257. The number of nitrogens with zero attached hydrogens (tertiary/aromatic N) is 2. The highest BCUT2D eigenvalue weighted by Crippen LogP contribution is 2.36. The lowest BCUT2D eigenvalue weighted by Crippen LogP contribution is -2.03. The normalized spacial score (nSPS) is 13.2. The van der Waals surface area contributed by atoms with Crippen molar-refractivity contribution in [3.8, 4) is 0 Å². The van der Waals surface area contributed by atoms with Crippen LogP contribution in [-0.4, -0.2) is 44.1 Å². The van der Waals surface area contributed by atoms with Gasteiger partial charge in [-0.15, -0.1) is 0 Å². The van der Waals surface area contributed by atoms with Crippen molar-refractivity contribution < 1.29 is 19.4 Å². The molecule has 0 spiro atoms. The van der Waals surface area contributed by atoms with Gasteiger partial charge in [0.2, 0.25) is 0 Å². The van der Waals surface area contributed by atoms with Crippen LogP contribution in [0.2, 0.25) is 0 Å². The molecule has 0 unspecified atom stereocenters. The van der Waals surface area contributed by atoms with E-state index in [4.69, 9.17) is 14.7 Å². The molecule has 2 aliphatic heterocycles. The van der Waals surface area contributed by atoms with Gasteiger partial charge in [-0.3, -0.25) is 4.79 Å². The molecular weight excluding hydrogens is 528 g/mol. The van der Waals surface area contributed by atoms with Crippen LogP contribution in [0.25, 0.3) is 44.4 Å². The number of aliphatic carboxylic acids is 1. The predicted octanol–water partition coefficient (Wildman–Crippen LogP) is 7.35. The van der Waals surface area contributed by atoms with Gasteiger partial charge < -0.3 is 19.8 Å². The lowest BCUT2D eigenvalue weighted by atomic mass is 10.0. The molecule has 5 heterocycles. The molecule has 0 radical (unpaired) electrons. The molecule has 0 aromatic carbocycles. The molecule has 0 atom stereocenters. The maximum Gasteiger partial charge on any atom is 0.340 e. The number of rotatable bonds is 7. The van der Waals surface area contributed by atoms with Gasteiger partial charge >= 0.3 is 11.9 Å². The van der Waals surface area contributed by atoms with Crippen molar-refractivity contribution in [3.05, 3.63) is 69.3 Å². The van der Waals surface area contributed by atoms with E-state index >= 15 is 0 Å². The van der Waals surface area contributed by atoms with Gasteiger partial charge in [-0.05, 0) is 117 Å². The Kier molecular flexibility index (Phi) is 7.91. The summed E-state index contributed by atoms with van der Waals surface area (Å²) in [5, 5.41) is 9.27. The Morgan fingerprint density at radius 2 is 1.31 bits per heavy atom. The molecule has 3 aromatic rings. The SMILES string of the molecule is CCC1=C(C)c2cc3[nH]c(cc4nc(cc5[nH]c(cc1n2)c(C)c5CC)C(C)=C4C(=O)OC)c(CCCC(=O)O)c3C. The Hall–Kier alpha value is -4.46. The van der Waals surface area contributed by atoms with E-state index in [1.54, 1.807) is 0 Å². The number of aryl methyl sites for hydroxylation is 4. The van der Waals surface area contributed by atoms with Gasteiger partial charge in [0.25, 0.3) is 0 Å². The summed E-state index contributed by atoms with van der Waals surface area (Å²) in [7, 11) is 1.38. The van der Waals surface area contributed by atoms with Crippen LogP contribution in [0.3, 0.4) is 0 Å². The molecule has 0 aliphatic carbocycles. The third-order valence-electron chi connectivity index (χ3n) is 8.58. The summed E-state index contributed by atoms with van der Waals surface area (Å²) in [5.74, 6) is -1.27. The van der Waals surface area contributed by atoms with E-state index in [1.165, 1.54) is 23.8 Å². The molecule has 0 amide bonds. The van der Waals surface area contributed by atoms with Crippen molar-refractivity contribution in [2.24, 2.45) is 0 Å². The number of aromatic nitrogens is 4. The Labute approximate surface area is 245 Å². The first-order valence-electron chi connectivity index (χ1n) is 14.5. The lowest BCUT2D eigenvalue weighted by molar-refractivity contribution is -0.137. The van der Waals surface area contributed by atoms with E-state index in [1.807, 2.05) is 26.0 Å². The standard InChI is InChI=1S/C34H38N4O4/c1-8-21-17(3)24-13-25-19(5)23(11-10-12-32(39)40)30(37-25)16-31-33(34(41)42-7)20(6)27(38-31)15-29-22(9-2)18(4)26(36-29)14-28(21)35-24/h13-16,36-37H,8-12H2,1-7H3,(H,39,40). The van der Waals surface area contributed by atoms with E-state index in [9.17, 15) is 14.7 Å². The van der Waals surface area contributed by atoms with Crippen LogP contribution in [0, 0.1) is 13.8 Å². The number of hydrogen-bond acceptors (Lipinski definition) is 5. The number of esters is 1. The molecule has 3 N–H and O–H groups in total. The first-order chi connectivity index (χ1) is 20.1. The zero-order valence-electron chi connectivity index (χ0n) is 25.4. The van der Waals surface area contributed by atoms with Crippen molar-refractivity contribution in [1.82, 2.24) is 19.9 Å². The number of hydrogen-bond donors (Lipinski definition) is 3. The summed E-state index contributed by atoms with van der Waals surface area (Å²) < 4.78 is 5.18. The number of allylic oxidation sites excluding steroid dienone is 3. The minimum atomic E-state index is -0.825. The van der Waals surface area contributed by atoms with Gasteiger partial charge in [0, 0.05) is 28.5 Å². The summed E-state index contributed by atoms with van der Waals surface area (Å²) >= 11 is 0. The van der Waals surface area contributed by atoms with Crippen LogP contribution in [-0.2, 0) is 27.2 Å². The van der Waals surface area contributed by atoms with Gasteiger partial charge in [-0.1, -0.05) is 13.8 Å². The van der Waals surface area contributed by atoms with Gasteiger partial charge in [0.1, 0.15) is 0 Å². The summed E-state index contributed by atoms with van der Waals surface area (Å²) in [6.07, 6.45) is 2.82. The number of carboxylic acids is 1. The Balaban J connectivity index is 1.94. The third-order valence-corrected chi connectivity index (χ3v) is 8.58. The maximum absolute atomic E-state index is 13.0. The minimum absolute atomic E-state index is 0.0725. The largest absolute Gasteiger partial charge is 0.481 e. The van der Waals surface area contributed by atoms with E-state index in [0.717, 1.165) is 68.6 Å². The maximum atomic E-state index is 13.0. The van der Waals surface area contributed by atoms with Crippen molar-refractivity contribution in [1.29, 1.82) is 0 Å². The van der Waals surface area contributed by atoms with Gasteiger partial charge in [-0.2, -0.15) is 0 Å². The molecule has 8 nitrogen and oxygen atoms in total. The van der Waals surface area contributed by atoms with Crippen LogP contribution >= 0.6 is 0 Å². The monoisotopic (exact) mass is 566 g/mol. The number of nitrogens with one attached hydrogen (secondary N) is 2. The summed E-state index contributed by atoms with van der Waals surface area (Å²) in [5.41, 5.74) is 14.6. The van der Waals surface area contributed by atoms with Gasteiger partial charge in [0.15, 0.2) is 0 Å². The van der Waals surface area contributed by atoms with Crippen molar-refractivity contribution in [2.75, 3.05) is 7.11 Å². The van der Waals surface area contributed by atoms with E-state index in [-0.39, 0.29) is 6.42 Å². The molecule has 2 aliphatic rings. The number of H-pyrrole nitrogens is 2. The minimum Gasteiger partial charge on any atom is -0.481 e. The first-order valence-corrected chi connectivity index (χ1v) is 14.5. The van der Waals surface area contributed by atoms with Crippen LogP contribution in [0.15, 0.2) is 24.3 Å². The molecule has 218 valence electrons. The Morgan fingerprint density at radius 1 is 0.762 bits per heavy atom. The fourth-order valence-electron chi connectivity index (χ4n) is 6.16. The summed E-state index contributed by atoms with van der Waals surface area (Å²) in [6.45, 7) is 12.5. The molecule has 0 saturated heterocycles. The fourth-order valence-corrected chi connectivity index (χ4v) is 6.16. The third kappa shape index (κ3) is 5.06. The molecule has 5 rings (SSSR count). The smallest absolute Gasteiger partial charge is 0.340 e.